The van der Waals surface area contributed by atoms with Gasteiger partial charge in [-0.2, -0.15) is 0 Å². The lowest BCUT2D eigenvalue weighted by Gasteiger charge is -2.29. The average Bonchev–Trinajstić information content (AvgIpc) is 2.51. The van der Waals surface area contributed by atoms with Gasteiger partial charge in [0.25, 0.3) is 0 Å². The quantitative estimate of drug-likeness (QED) is 0.815. The van der Waals surface area contributed by atoms with Gasteiger partial charge in [0, 0.05) is 12.4 Å². The van der Waals surface area contributed by atoms with E-state index in [1.807, 2.05) is 63.2 Å². The molecule has 0 aliphatic rings. The van der Waals surface area contributed by atoms with E-state index in [1.165, 1.54) is 0 Å². The molecule has 5 heteroatoms. The van der Waals surface area contributed by atoms with Crippen LogP contribution in [-0.4, -0.2) is 25.0 Å². The van der Waals surface area contributed by atoms with E-state index >= 15 is 0 Å². The number of carbonyl (C=O) groups excluding carboxylic acids is 2. The molecule has 0 fully saturated rings. The number of rotatable bonds is 3. The molecule has 0 saturated carbocycles. The van der Waals surface area contributed by atoms with Crippen LogP contribution in [0.25, 0.3) is 10.8 Å². The van der Waals surface area contributed by atoms with Gasteiger partial charge >= 0.3 is 6.03 Å². The zero-order valence-corrected chi connectivity index (χ0v) is 13.9. The highest BCUT2D eigenvalue weighted by atomic mass is 16.2. The summed E-state index contributed by atoms with van der Waals surface area (Å²) in [7, 11) is 1.56. The SMILES string of the molecule is CNC(=O)C(NC(=O)Nc1cccc2ccccc12)C(C)(C)C. The third kappa shape index (κ3) is 4.00. The Hall–Kier alpha value is -2.56. The normalized spacial score (nSPS) is 12.5. The summed E-state index contributed by atoms with van der Waals surface area (Å²) in [6.07, 6.45) is 0. The molecular weight excluding hydrogens is 290 g/mol. The first-order valence-electron chi connectivity index (χ1n) is 7.60. The second-order valence-electron chi connectivity index (χ2n) is 6.54. The van der Waals surface area contributed by atoms with Gasteiger partial charge in [0.2, 0.25) is 5.91 Å². The molecule has 2 rings (SSSR count). The Kier molecular flexibility index (Phi) is 4.89. The molecule has 1 unspecified atom stereocenters. The van der Waals surface area contributed by atoms with Crippen LogP contribution in [0.5, 0.6) is 0 Å². The molecule has 23 heavy (non-hydrogen) atoms. The lowest BCUT2D eigenvalue weighted by Crippen LogP contribution is -2.53. The average molecular weight is 313 g/mol. The maximum absolute atomic E-state index is 12.3. The topological polar surface area (TPSA) is 70.2 Å². The van der Waals surface area contributed by atoms with E-state index < -0.39 is 17.5 Å². The molecule has 2 aromatic rings. The van der Waals surface area contributed by atoms with Crippen molar-refractivity contribution >= 4 is 28.4 Å². The molecular formula is C18H23N3O2. The van der Waals surface area contributed by atoms with Crippen molar-refractivity contribution in [1.29, 1.82) is 0 Å². The number of nitrogens with one attached hydrogen (secondary N) is 3. The van der Waals surface area contributed by atoms with E-state index in [0.717, 1.165) is 10.8 Å². The predicted octanol–water partition coefficient (Wildman–Crippen LogP) is 3.12. The van der Waals surface area contributed by atoms with Gasteiger partial charge in [-0.15, -0.1) is 0 Å². The van der Waals surface area contributed by atoms with Crippen molar-refractivity contribution in [3.05, 3.63) is 42.5 Å². The number of fused-ring (bicyclic) bond motifs is 1. The van der Waals surface area contributed by atoms with Crippen molar-refractivity contribution < 1.29 is 9.59 Å². The van der Waals surface area contributed by atoms with Crippen LogP contribution in [0.2, 0.25) is 0 Å². The number of anilines is 1. The molecule has 3 N–H and O–H groups in total. The number of benzene rings is 2. The van der Waals surface area contributed by atoms with Gasteiger partial charge in [-0.25, -0.2) is 4.79 Å². The minimum Gasteiger partial charge on any atom is -0.357 e. The Bertz CT molecular complexity index is 714. The molecule has 0 radical (unpaired) electrons. The molecule has 0 aliphatic heterocycles. The molecule has 0 heterocycles. The van der Waals surface area contributed by atoms with Crippen molar-refractivity contribution in [3.8, 4) is 0 Å². The van der Waals surface area contributed by atoms with E-state index in [2.05, 4.69) is 16.0 Å². The molecule has 3 amide bonds. The van der Waals surface area contributed by atoms with E-state index in [4.69, 9.17) is 0 Å². The third-order valence-electron chi connectivity index (χ3n) is 3.69. The minimum absolute atomic E-state index is 0.217. The smallest absolute Gasteiger partial charge is 0.319 e. The Morgan fingerprint density at radius 2 is 1.65 bits per heavy atom. The Morgan fingerprint density at radius 3 is 2.30 bits per heavy atom. The second kappa shape index (κ2) is 6.69. The minimum atomic E-state index is -0.623. The summed E-state index contributed by atoms with van der Waals surface area (Å²) in [6, 6.07) is 12.5. The summed E-state index contributed by atoms with van der Waals surface area (Å²) in [6.45, 7) is 5.72. The number of urea groups is 1. The van der Waals surface area contributed by atoms with Crippen LogP contribution in [0.15, 0.2) is 42.5 Å². The summed E-state index contributed by atoms with van der Waals surface area (Å²) >= 11 is 0. The van der Waals surface area contributed by atoms with Crippen molar-refractivity contribution in [3.63, 3.8) is 0 Å². The van der Waals surface area contributed by atoms with Gasteiger partial charge in [0.05, 0.1) is 5.69 Å². The van der Waals surface area contributed by atoms with E-state index in [9.17, 15) is 9.59 Å². The lowest BCUT2D eigenvalue weighted by molar-refractivity contribution is -0.124. The van der Waals surface area contributed by atoms with Crippen molar-refractivity contribution in [2.45, 2.75) is 26.8 Å². The summed E-state index contributed by atoms with van der Waals surface area (Å²) in [5, 5.41) is 10.2. The van der Waals surface area contributed by atoms with Gasteiger partial charge < -0.3 is 16.0 Å². The number of likely N-dealkylation sites (N-methyl/N-ethyl adjacent to an activating group) is 1. The number of amides is 3. The summed E-state index contributed by atoms with van der Waals surface area (Å²) in [4.78, 5) is 24.3. The fourth-order valence-electron chi connectivity index (χ4n) is 2.44. The first-order valence-corrected chi connectivity index (χ1v) is 7.60. The Balaban J connectivity index is 2.19. The molecule has 5 nitrogen and oxygen atoms in total. The van der Waals surface area contributed by atoms with Gasteiger partial charge in [-0.3, -0.25) is 4.79 Å². The van der Waals surface area contributed by atoms with E-state index in [1.54, 1.807) is 7.05 Å². The Morgan fingerprint density at radius 1 is 1.00 bits per heavy atom. The zero-order chi connectivity index (χ0) is 17.0. The van der Waals surface area contributed by atoms with E-state index in [0.29, 0.717) is 5.69 Å². The zero-order valence-electron chi connectivity index (χ0n) is 13.9. The first kappa shape index (κ1) is 16.8. The highest BCUT2D eigenvalue weighted by molar-refractivity contribution is 6.02. The van der Waals surface area contributed by atoms with Crippen LogP contribution >= 0.6 is 0 Å². The molecule has 1 atom stereocenters. The van der Waals surface area contributed by atoms with Crippen LogP contribution in [0.1, 0.15) is 20.8 Å². The predicted molar refractivity (Wildman–Crippen MR) is 93.4 cm³/mol. The monoisotopic (exact) mass is 313 g/mol. The van der Waals surface area contributed by atoms with Crippen molar-refractivity contribution in [1.82, 2.24) is 10.6 Å². The summed E-state index contributed by atoms with van der Waals surface area (Å²) in [5.41, 5.74) is 0.320. The molecule has 0 bridgehead atoms. The number of hydrogen-bond donors (Lipinski definition) is 3. The van der Waals surface area contributed by atoms with Crippen LogP contribution in [0, 0.1) is 5.41 Å². The van der Waals surface area contributed by atoms with Crippen molar-refractivity contribution in [2.24, 2.45) is 5.41 Å². The Labute approximate surface area is 136 Å². The number of carbonyl (C=O) groups is 2. The largest absolute Gasteiger partial charge is 0.357 e. The number of hydrogen-bond acceptors (Lipinski definition) is 2. The fourth-order valence-corrected chi connectivity index (χ4v) is 2.44. The standard InChI is InChI=1S/C18H23N3O2/c1-18(2,3)15(16(22)19-4)21-17(23)20-14-11-7-9-12-8-5-6-10-13(12)14/h5-11,15H,1-4H3,(H,19,22)(H2,20,21,23). The molecule has 0 spiro atoms. The van der Waals surface area contributed by atoms with Crippen LogP contribution < -0.4 is 16.0 Å². The van der Waals surface area contributed by atoms with Crippen molar-refractivity contribution in [2.75, 3.05) is 12.4 Å². The van der Waals surface area contributed by atoms with Gasteiger partial charge in [-0.05, 0) is 16.9 Å². The van der Waals surface area contributed by atoms with Crippen LogP contribution in [0.3, 0.4) is 0 Å². The highest BCUT2D eigenvalue weighted by Gasteiger charge is 2.32. The second-order valence-corrected chi connectivity index (χ2v) is 6.54. The molecule has 0 saturated heterocycles. The van der Waals surface area contributed by atoms with Crippen LogP contribution in [0.4, 0.5) is 10.5 Å². The third-order valence-corrected chi connectivity index (χ3v) is 3.69. The van der Waals surface area contributed by atoms with Gasteiger partial charge in [0.15, 0.2) is 0 Å². The summed E-state index contributed by atoms with van der Waals surface area (Å²) in [5.74, 6) is -0.217. The maximum atomic E-state index is 12.3. The van der Waals surface area contributed by atoms with E-state index in [-0.39, 0.29) is 5.91 Å². The first-order chi connectivity index (χ1) is 10.8. The lowest BCUT2D eigenvalue weighted by atomic mass is 9.86. The molecule has 2 aromatic carbocycles. The molecule has 122 valence electrons. The highest BCUT2D eigenvalue weighted by Crippen LogP contribution is 2.23. The van der Waals surface area contributed by atoms with Gasteiger partial charge in [-0.1, -0.05) is 57.2 Å². The fraction of sp³-hybridized carbons (Fsp3) is 0.333. The molecule has 0 aromatic heterocycles. The molecule has 0 aliphatic carbocycles. The summed E-state index contributed by atoms with van der Waals surface area (Å²) < 4.78 is 0. The van der Waals surface area contributed by atoms with Crippen LogP contribution in [-0.2, 0) is 4.79 Å². The maximum Gasteiger partial charge on any atom is 0.319 e. The van der Waals surface area contributed by atoms with Gasteiger partial charge in [0.1, 0.15) is 6.04 Å².